The van der Waals surface area contributed by atoms with Crippen LogP contribution in [-0.4, -0.2) is 77.4 Å². The zero-order valence-electron chi connectivity index (χ0n) is 17.1. The van der Waals surface area contributed by atoms with Crippen LogP contribution in [0.2, 0.25) is 0 Å². The molecule has 0 bridgehead atoms. The molecule has 0 radical (unpaired) electrons. The normalized spacial score (nSPS) is 16.0. The molecule has 1 aliphatic heterocycles. The fourth-order valence-corrected chi connectivity index (χ4v) is 4.27. The molecule has 0 unspecified atom stereocenters. The maximum Gasteiger partial charge on any atom is 0.175 e. The summed E-state index contributed by atoms with van der Waals surface area (Å²) in [5, 5.41) is 12.1. The fourth-order valence-electron chi connectivity index (χ4n) is 3.64. The molecule has 0 N–H and O–H groups in total. The Morgan fingerprint density at radius 3 is 2.23 bits per heavy atom. The van der Waals surface area contributed by atoms with E-state index in [1.54, 1.807) is 28.9 Å². The van der Waals surface area contributed by atoms with Crippen molar-refractivity contribution in [1.29, 1.82) is 0 Å². The van der Waals surface area contributed by atoms with Crippen molar-refractivity contribution in [2.45, 2.75) is 17.9 Å². The van der Waals surface area contributed by atoms with Crippen molar-refractivity contribution in [1.82, 2.24) is 30.0 Å². The highest BCUT2D eigenvalue weighted by Gasteiger charge is 2.20. The second kappa shape index (κ2) is 9.03. The minimum Gasteiger partial charge on any atom is -0.300 e. The van der Waals surface area contributed by atoms with Gasteiger partial charge in [0.2, 0.25) is 0 Å². The van der Waals surface area contributed by atoms with Crippen LogP contribution in [0.25, 0.3) is 5.69 Å². The van der Waals surface area contributed by atoms with Gasteiger partial charge in [0.15, 0.2) is 15.7 Å². The third kappa shape index (κ3) is 5.10. The first kappa shape index (κ1) is 20.6. The Balaban J connectivity index is 1.33. The average Bonchev–Trinajstić information content (AvgIpc) is 3.21. The molecular weight excluding hydrogens is 400 g/mol. The van der Waals surface area contributed by atoms with E-state index in [9.17, 15) is 8.42 Å². The number of hydrogen-bond acceptors (Lipinski definition) is 7. The van der Waals surface area contributed by atoms with Crippen LogP contribution in [-0.2, 0) is 22.8 Å². The monoisotopic (exact) mass is 426 g/mol. The van der Waals surface area contributed by atoms with E-state index in [0.717, 1.165) is 50.7 Å². The van der Waals surface area contributed by atoms with E-state index in [-0.39, 0.29) is 4.90 Å². The molecule has 0 aliphatic carbocycles. The van der Waals surface area contributed by atoms with Crippen LogP contribution < -0.4 is 0 Å². The van der Waals surface area contributed by atoms with Crippen molar-refractivity contribution in [3.05, 3.63) is 66.0 Å². The third-order valence-electron chi connectivity index (χ3n) is 5.43. The highest BCUT2D eigenvalue weighted by molar-refractivity contribution is 7.90. The van der Waals surface area contributed by atoms with Crippen molar-refractivity contribution < 1.29 is 8.42 Å². The lowest BCUT2D eigenvalue weighted by atomic mass is 10.1. The summed E-state index contributed by atoms with van der Waals surface area (Å²) in [6.07, 6.45) is 2.27. The molecule has 0 amide bonds. The lowest BCUT2D eigenvalue weighted by molar-refractivity contribution is 0.125. The number of piperazine rings is 1. The van der Waals surface area contributed by atoms with Crippen molar-refractivity contribution in [3.63, 3.8) is 0 Å². The maximum absolute atomic E-state index is 11.7. The molecule has 1 aromatic heterocycles. The smallest absolute Gasteiger partial charge is 0.175 e. The predicted molar refractivity (Wildman–Crippen MR) is 114 cm³/mol. The average molecular weight is 427 g/mol. The van der Waals surface area contributed by atoms with Crippen molar-refractivity contribution in [2.75, 3.05) is 39.0 Å². The van der Waals surface area contributed by atoms with Gasteiger partial charge < -0.3 is 4.90 Å². The quantitative estimate of drug-likeness (QED) is 0.565. The van der Waals surface area contributed by atoms with E-state index in [2.05, 4.69) is 55.7 Å². The van der Waals surface area contributed by atoms with Crippen molar-refractivity contribution >= 4 is 9.84 Å². The number of sulfone groups is 1. The fraction of sp³-hybridized carbons (Fsp3) is 0.381. The van der Waals surface area contributed by atoms with Crippen LogP contribution in [0.4, 0.5) is 0 Å². The maximum atomic E-state index is 11.7. The zero-order valence-corrected chi connectivity index (χ0v) is 17.9. The van der Waals surface area contributed by atoms with Gasteiger partial charge in [-0.25, -0.2) is 8.42 Å². The van der Waals surface area contributed by atoms with Gasteiger partial charge in [-0.1, -0.05) is 30.3 Å². The number of tetrazole rings is 1. The summed E-state index contributed by atoms with van der Waals surface area (Å²) in [5.74, 6) is 0.750. The zero-order chi connectivity index (χ0) is 21.0. The van der Waals surface area contributed by atoms with Crippen LogP contribution >= 0.6 is 0 Å². The predicted octanol–water partition coefficient (Wildman–Crippen LogP) is 1.43. The van der Waals surface area contributed by atoms with Crippen LogP contribution in [0, 0.1) is 0 Å². The van der Waals surface area contributed by atoms with Gasteiger partial charge in [0, 0.05) is 39.0 Å². The molecule has 0 saturated carbocycles. The van der Waals surface area contributed by atoms with Gasteiger partial charge in [0.1, 0.15) is 0 Å². The SMILES string of the molecule is CS(=O)(=O)c1ccc(-n2nnnc2CN2CCN(CCc3ccccc3)CC2)cc1. The Morgan fingerprint density at radius 2 is 1.57 bits per heavy atom. The lowest BCUT2D eigenvalue weighted by Crippen LogP contribution is -2.46. The molecular formula is C21H26N6O2S. The van der Waals surface area contributed by atoms with E-state index in [1.165, 1.54) is 11.8 Å². The molecule has 1 saturated heterocycles. The van der Waals surface area contributed by atoms with Gasteiger partial charge in [0.25, 0.3) is 0 Å². The van der Waals surface area contributed by atoms with Gasteiger partial charge in [0.05, 0.1) is 17.1 Å². The van der Waals surface area contributed by atoms with Crippen LogP contribution in [0.5, 0.6) is 0 Å². The van der Waals surface area contributed by atoms with E-state index in [0.29, 0.717) is 6.54 Å². The Labute approximate surface area is 177 Å². The van der Waals surface area contributed by atoms with Crippen molar-refractivity contribution in [3.8, 4) is 5.69 Å². The molecule has 1 fully saturated rings. The highest BCUT2D eigenvalue weighted by Crippen LogP contribution is 2.15. The Kier molecular flexibility index (Phi) is 6.21. The summed E-state index contributed by atoms with van der Waals surface area (Å²) in [4.78, 5) is 5.13. The van der Waals surface area contributed by atoms with Gasteiger partial charge >= 0.3 is 0 Å². The minimum absolute atomic E-state index is 0.285. The molecule has 2 heterocycles. The van der Waals surface area contributed by atoms with E-state index >= 15 is 0 Å². The number of hydrogen-bond donors (Lipinski definition) is 0. The first-order valence-electron chi connectivity index (χ1n) is 10.1. The molecule has 9 heteroatoms. The molecule has 1 aliphatic rings. The molecule has 0 atom stereocenters. The lowest BCUT2D eigenvalue weighted by Gasteiger charge is -2.34. The summed E-state index contributed by atoms with van der Waals surface area (Å²) in [5.41, 5.74) is 2.13. The molecule has 158 valence electrons. The topological polar surface area (TPSA) is 84.2 Å². The number of aromatic nitrogens is 4. The molecule has 3 aromatic rings. The molecule has 30 heavy (non-hydrogen) atoms. The summed E-state index contributed by atoms with van der Waals surface area (Å²) < 4.78 is 25.0. The second-order valence-corrected chi connectivity index (χ2v) is 9.64. The van der Waals surface area contributed by atoms with Gasteiger partial charge in [-0.05, 0) is 46.7 Å². The summed E-state index contributed by atoms with van der Waals surface area (Å²) in [6.45, 7) is 5.72. The third-order valence-corrected chi connectivity index (χ3v) is 6.56. The van der Waals surface area contributed by atoms with E-state index in [4.69, 9.17) is 0 Å². The number of nitrogens with zero attached hydrogens (tertiary/aromatic N) is 6. The van der Waals surface area contributed by atoms with E-state index in [1.807, 2.05) is 0 Å². The van der Waals surface area contributed by atoms with Gasteiger partial charge in [-0.2, -0.15) is 4.68 Å². The van der Waals surface area contributed by atoms with Gasteiger partial charge in [-0.3, -0.25) is 4.90 Å². The van der Waals surface area contributed by atoms with Crippen LogP contribution in [0.3, 0.4) is 0 Å². The first-order chi connectivity index (χ1) is 14.5. The molecule has 0 spiro atoms. The van der Waals surface area contributed by atoms with Crippen LogP contribution in [0.1, 0.15) is 11.4 Å². The van der Waals surface area contributed by atoms with Crippen LogP contribution in [0.15, 0.2) is 59.5 Å². The summed E-state index contributed by atoms with van der Waals surface area (Å²) in [7, 11) is -3.22. The minimum atomic E-state index is -3.22. The van der Waals surface area contributed by atoms with Crippen molar-refractivity contribution in [2.24, 2.45) is 0 Å². The number of rotatable bonds is 7. The second-order valence-electron chi connectivity index (χ2n) is 7.63. The summed E-state index contributed by atoms with van der Waals surface area (Å²) >= 11 is 0. The first-order valence-corrected chi connectivity index (χ1v) is 11.9. The molecule has 8 nitrogen and oxygen atoms in total. The Bertz CT molecular complexity index is 1060. The van der Waals surface area contributed by atoms with E-state index < -0.39 is 9.84 Å². The standard InChI is InChI=1S/C21H26N6O2S/c1-30(28,29)20-9-7-19(8-10-20)27-21(22-23-24-27)17-26-15-13-25(14-16-26)12-11-18-5-3-2-4-6-18/h2-10H,11-17H2,1H3. The van der Waals surface area contributed by atoms with Gasteiger partial charge in [-0.15, -0.1) is 5.10 Å². The summed E-state index contributed by atoms with van der Waals surface area (Å²) in [6, 6.07) is 17.2. The largest absolute Gasteiger partial charge is 0.300 e. The molecule has 4 rings (SSSR count). The molecule has 2 aromatic carbocycles. The Hall–Kier alpha value is -2.62. The number of benzene rings is 2. The highest BCUT2D eigenvalue weighted by atomic mass is 32.2. The Morgan fingerprint density at radius 1 is 0.900 bits per heavy atom.